The molecule has 96 valence electrons. The van der Waals surface area contributed by atoms with E-state index in [1.807, 2.05) is 16.8 Å². The predicted molar refractivity (Wildman–Crippen MR) is 67.4 cm³/mol. The summed E-state index contributed by atoms with van der Waals surface area (Å²) in [4.78, 5) is 8.19. The summed E-state index contributed by atoms with van der Waals surface area (Å²) in [6.07, 6.45) is 4.30. The summed E-state index contributed by atoms with van der Waals surface area (Å²) in [5.74, 6) is -0.0511. The molecule has 1 fully saturated rings. The average Bonchev–Trinajstić information content (AvgIpc) is 2.93. The standard InChI is InChI=1S/C12H14ClN3O2/c13-11-9-1-2-16(12(9)15-6-14-11)8-3-7(5-17)10(18)4-8/h1-2,6-8,10,17-18H,3-5H2. The van der Waals surface area contributed by atoms with Crippen LogP contribution in [0.2, 0.25) is 5.15 Å². The van der Waals surface area contributed by atoms with Crippen LogP contribution in [0, 0.1) is 5.92 Å². The van der Waals surface area contributed by atoms with Crippen LogP contribution in [-0.4, -0.2) is 37.5 Å². The van der Waals surface area contributed by atoms with Crippen LogP contribution >= 0.6 is 11.6 Å². The number of hydrogen-bond acceptors (Lipinski definition) is 4. The molecule has 1 aliphatic rings. The van der Waals surface area contributed by atoms with Crippen molar-refractivity contribution in [1.82, 2.24) is 14.5 Å². The first-order valence-electron chi connectivity index (χ1n) is 5.96. The molecule has 2 aromatic rings. The molecular weight excluding hydrogens is 254 g/mol. The molecule has 0 radical (unpaired) electrons. The van der Waals surface area contributed by atoms with Gasteiger partial charge in [0.05, 0.1) is 11.5 Å². The molecule has 0 spiro atoms. The molecule has 3 rings (SSSR count). The van der Waals surface area contributed by atoms with Crippen molar-refractivity contribution in [2.24, 2.45) is 5.92 Å². The predicted octanol–water partition coefficient (Wildman–Crippen LogP) is 1.39. The van der Waals surface area contributed by atoms with Gasteiger partial charge in [0, 0.05) is 24.8 Å². The van der Waals surface area contributed by atoms with Gasteiger partial charge in [-0.2, -0.15) is 0 Å². The van der Waals surface area contributed by atoms with Crippen LogP contribution in [0.1, 0.15) is 18.9 Å². The maximum atomic E-state index is 9.85. The van der Waals surface area contributed by atoms with E-state index in [-0.39, 0.29) is 18.6 Å². The van der Waals surface area contributed by atoms with E-state index in [0.29, 0.717) is 11.6 Å². The van der Waals surface area contributed by atoms with Crippen LogP contribution in [0.3, 0.4) is 0 Å². The zero-order chi connectivity index (χ0) is 12.7. The van der Waals surface area contributed by atoms with Gasteiger partial charge in [-0.15, -0.1) is 0 Å². The molecule has 0 amide bonds. The minimum atomic E-state index is -0.449. The number of aliphatic hydroxyl groups is 2. The van der Waals surface area contributed by atoms with E-state index in [4.69, 9.17) is 11.6 Å². The Bertz CT molecular complexity index is 571. The number of fused-ring (bicyclic) bond motifs is 1. The van der Waals surface area contributed by atoms with E-state index in [9.17, 15) is 10.2 Å². The van der Waals surface area contributed by atoms with Gasteiger partial charge in [-0.3, -0.25) is 0 Å². The van der Waals surface area contributed by atoms with Crippen molar-refractivity contribution >= 4 is 22.6 Å². The minimum Gasteiger partial charge on any atom is -0.396 e. The summed E-state index contributed by atoms with van der Waals surface area (Å²) in [5.41, 5.74) is 0.783. The molecule has 1 aliphatic carbocycles. The molecule has 18 heavy (non-hydrogen) atoms. The summed E-state index contributed by atoms with van der Waals surface area (Å²) in [7, 11) is 0. The second kappa shape index (κ2) is 4.50. The van der Waals surface area contributed by atoms with Gasteiger partial charge in [-0.25, -0.2) is 9.97 Å². The first kappa shape index (κ1) is 11.9. The number of halogens is 1. The average molecular weight is 268 g/mol. The van der Waals surface area contributed by atoms with E-state index in [0.717, 1.165) is 17.5 Å². The molecule has 2 aromatic heterocycles. The van der Waals surface area contributed by atoms with Crippen molar-refractivity contribution in [3.63, 3.8) is 0 Å². The number of aromatic nitrogens is 3. The summed E-state index contributed by atoms with van der Waals surface area (Å²) in [6.45, 7) is 0.0204. The molecule has 3 atom stereocenters. The molecule has 6 heteroatoms. The van der Waals surface area contributed by atoms with Gasteiger partial charge in [0.2, 0.25) is 0 Å². The van der Waals surface area contributed by atoms with Crippen LogP contribution in [0.15, 0.2) is 18.6 Å². The van der Waals surface area contributed by atoms with E-state index in [1.54, 1.807) is 0 Å². The maximum Gasteiger partial charge on any atom is 0.145 e. The van der Waals surface area contributed by atoms with Crippen LogP contribution < -0.4 is 0 Å². The fourth-order valence-electron chi connectivity index (χ4n) is 2.73. The van der Waals surface area contributed by atoms with E-state index in [2.05, 4.69) is 9.97 Å². The van der Waals surface area contributed by atoms with Crippen LogP contribution in [0.25, 0.3) is 11.0 Å². The number of hydrogen-bond donors (Lipinski definition) is 2. The van der Waals surface area contributed by atoms with Crippen molar-refractivity contribution in [2.45, 2.75) is 25.0 Å². The number of aliphatic hydroxyl groups excluding tert-OH is 2. The molecule has 3 unspecified atom stereocenters. The fraction of sp³-hybridized carbons (Fsp3) is 0.500. The van der Waals surface area contributed by atoms with Gasteiger partial charge < -0.3 is 14.8 Å². The Morgan fingerprint density at radius 2 is 2.22 bits per heavy atom. The second-order valence-electron chi connectivity index (χ2n) is 4.76. The Balaban J connectivity index is 1.99. The summed E-state index contributed by atoms with van der Waals surface area (Å²) in [6, 6.07) is 2.04. The lowest BCUT2D eigenvalue weighted by atomic mass is 10.1. The summed E-state index contributed by atoms with van der Waals surface area (Å²) in [5, 5.41) is 20.3. The second-order valence-corrected chi connectivity index (χ2v) is 5.12. The third kappa shape index (κ3) is 1.79. The van der Waals surface area contributed by atoms with Gasteiger partial charge in [0.15, 0.2) is 0 Å². The Labute approximate surface area is 109 Å². The lowest BCUT2D eigenvalue weighted by molar-refractivity contribution is 0.0906. The zero-order valence-corrected chi connectivity index (χ0v) is 10.5. The zero-order valence-electron chi connectivity index (χ0n) is 9.70. The molecule has 0 saturated heterocycles. The van der Waals surface area contributed by atoms with Crippen molar-refractivity contribution in [3.05, 3.63) is 23.7 Å². The topological polar surface area (TPSA) is 71.2 Å². The van der Waals surface area contributed by atoms with E-state index in [1.165, 1.54) is 6.33 Å². The van der Waals surface area contributed by atoms with Crippen molar-refractivity contribution in [2.75, 3.05) is 6.61 Å². The Morgan fingerprint density at radius 3 is 2.94 bits per heavy atom. The Morgan fingerprint density at radius 1 is 1.39 bits per heavy atom. The first-order chi connectivity index (χ1) is 8.70. The molecular formula is C12H14ClN3O2. The molecule has 0 bridgehead atoms. The van der Waals surface area contributed by atoms with Crippen molar-refractivity contribution < 1.29 is 10.2 Å². The maximum absolute atomic E-state index is 9.85. The van der Waals surface area contributed by atoms with Gasteiger partial charge in [0.25, 0.3) is 0 Å². The van der Waals surface area contributed by atoms with Crippen molar-refractivity contribution in [1.29, 1.82) is 0 Å². The molecule has 1 saturated carbocycles. The summed E-state index contributed by atoms with van der Waals surface area (Å²) < 4.78 is 2.02. The third-order valence-corrected chi connectivity index (χ3v) is 4.02. The first-order valence-corrected chi connectivity index (χ1v) is 6.34. The highest BCUT2D eigenvalue weighted by atomic mass is 35.5. The largest absolute Gasteiger partial charge is 0.396 e. The lowest BCUT2D eigenvalue weighted by Crippen LogP contribution is -2.16. The number of rotatable bonds is 2. The smallest absolute Gasteiger partial charge is 0.145 e. The molecule has 2 heterocycles. The molecule has 5 nitrogen and oxygen atoms in total. The molecule has 0 aromatic carbocycles. The van der Waals surface area contributed by atoms with Gasteiger partial charge in [-0.1, -0.05) is 11.6 Å². The SMILES string of the molecule is OCC1CC(n2ccc3c(Cl)ncnc32)CC1O. The van der Waals surface area contributed by atoms with Crippen molar-refractivity contribution in [3.8, 4) is 0 Å². The highest BCUT2D eigenvalue weighted by molar-refractivity contribution is 6.33. The number of nitrogens with zero attached hydrogens (tertiary/aromatic N) is 3. The fourth-order valence-corrected chi connectivity index (χ4v) is 2.92. The van der Waals surface area contributed by atoms with Crippen LogP contribution in [0.4, 0.5) is 0 Å². The summed E-state index contributed by atoms with van der Waals surface area (Å²) >= 11 is 6.01. The van der Waals surface area contributed by atoms with E-state index >= 15 is 0 Å². The van der Waals surface area contributed by atoms with Gasteiger partial charge >= 0.3 is 0 Å². The highest BCUT2D eigenvalue weighted by Crippen LogP contribution is 2.36. The van der Waals surface area contributed by atoms with Crippen LogP contribution in [-0.2, 0) is 0 Å². The monoisotopic (exact) mass is 267 g/mol. The third-order valence-electron chi connectivity index (χ3n) is 3.72. The molecule has 2 N–H and O–H groups in total. The molecule has 0 aliphatic heterocycles. The Hall–Kier alpha value is -1.17. The minimum absolute atomic E-state index is 0.0204. The highest BCUT2D eigenvalue weighted by Gasteiger charge is 2.34. The van der Waals surface area contributed by atoms with Gasteiger partial charge in [-0.05, 0) is 18.9 Å². The quantitative estimate of drug-likeness (QED) is 0.807. The van der Waals surface area contributed by atoms with E-state index < -0.39 is 6.10 Å². The Kier molecular flexibility index (Phi) is 2.97. The van der Waals surface area contributed by atoms with Crippen LogP contribution in [0.5, 0.6) is 0 Å². The van der Waals surface area contributed by atoms with Gasteiger partial charge in [0.1, 0.15) is 17.1 Å². The normalized spacial score (nSPS) is 28.1. The lowest BCUT2D eigenvalue weighted by Gasteiger charge is -2.12.